The number of phenolic OH excluding ortho intramolecular Hbond substituents is 2. The molecule has 0 bridgehead atoms. The molecule has 2 aromatic rings. The quantitative estimate of drug-likeness (QED) is 0.827. The van der Waals surface area contributed by atoms with E-state index in [1.165, 1.54) is 0 Å². The Bertz CT molecular complexity index is 532. The average molecular weight is 258 g/mol. The summed E-state index contributed by atoms with van der Waals surface area (Å²) in [4.78, 5) is 0. The third kappa shape index (κ3) is 2.93. The van der Waals surface area contributed by atoms with E-state index in [0.29, 0.717) is 11.5 Å². The molecule has 2 rings (SSSR count). The lowest BCUT2D eigenvalue weighted by molar-refractivity contribution is 0.395. The molecule has 0 radical (unpaired) electrons. The highest BCUT2D eigenvalue weighted by atomic mass is 16.6. The van der Waals surface area contributed by atoms with E-state index in [2.05, 4.69) is 0 Å². The standard InChI is InChI=1S/C14H15BO4/c1-9-5-3-7-11(13(9)16)18-15-19-12-8-4-6-10(2)14(12)17/h3-8,15-17H,1-2H3. The Kier molecular flexibility index (Phi) is 3.85. The van der Waals surface area contributed by atoms with Crippen molar-refractivity contribution in [2.75, 3.05) is 0 Å². The molecule has 2 N–H and O–H groups in total. The van der Waals surface area contributed by atoms with Crippen LogP contribution in [0.2, 0.25) is 0 Å². The highest BCUT2D eigenvalue weighted by molar-refractivity contribution is 6.21. The highest BCUT2D eigenvalue weighted by Gasteiger charge is 2.09. The molecule has 0 fully saturated rings. The number of phenols is 2. The van der Waals surface area contributed by atoms with Crippen molar-refractivity contribution in [1.29, 1.82) is 0 Å². The summed E-state index contributed by atoms with van der Waals surface area (Å²) < 4.78 is 10.7. The fraction of sp³-hybridized carbons (Fsp3) is 0.143. The molecule has 5 heteroatoms. The van der Waals surface area contributed by atoms with Gasteiger partial charge < -0.3 is 19.5 Å². The van der Waals surface area contributed by atoms with Crippen molar-refractivity contribution in [2.24, 2.45) is 0 Å². The van der Waals surface area contributed by atoms with Crippen LogP contribution in [0, 0.1) is 13.8 Å². The van der Waals surface area contributed by atoms with E-state index in [-0.39, 0.29) is 19.2 Å². The summed E-state index contributed by atoms with van der Waals surface area (Å²) in [6.45, 7) is 3.57. The van der Waals surface area contributed by atoms with Crippen LogP contribution >= 0.6 is 0 Å². The molecule has 0 atom stereocenters. The molecular weight excluding hydrogens is 243 g/mol. The van der Waals surface area contributed by atoms with Gasteiger partial charge in [0, 0.05) is 0 Å². The Morgan fingerprint density at radius 1 is 0.789 bits per heavy atom. The summed E-state index contributed by atoms with van der Waals surface area (Å²) in [7, 11) is -0.0893. The Morgan fingerprint density at radius 2 is 1.21 bits per heavy atom. The van der Waals surface area contributed by atoms with E-state index >= 15 is 0 Å². The maximum Gasteiger partial charge on any atom is 0.576 e. The molecule has 0 aliphatic heterocycles. The van der Waals surface area contributed by atoms with Crippen LogP contribution in [0.25, 0.3) is 0 Å². The largest absolute Gasteiger partial charge is 0.576 e. The van der Waals surface area contributed by atoms with Crippen molar-refractivity contribution in [1.82, 2.24) is 0 Å². The van der Waals surface area contributed by atoms with Crippen LogP contribution in [0.5, 0.6) is 23.0 Å². The highest BCUT2D eigenvalue weighted by Crippen LogP contribution is 2.30. The maximum atomic E-state index is 9.76. The molecule has 0 aliphatic carbocycles. The summed E-state index contributed by atoms with van der Waals surface area (Å²) in [6.07, 6.45) is 0. The lowest BCUT2D eigenvalue weighted by Gasteiger charge is -2.11. The minimum absolute atomic E-state index is 0.0893. The minimum atomic E-state index is -0.0893. The van der Waals surface area contributed by atoms with Crippen molar-refractivity contribution in [3.63, 3.8) is 0 Å². The zero-order valence-corrected chi connectivity index (χ0v) is 10.9. The fourth-order valence-corrected chi connectivity index (χ4v) is 1.65. The molecule has 0 amide bonds. The Labute approximate surface area is 112 Å². The predicted molar refractivity (Wildman–Crippen MR) is 74.1 cm³/mol. The van der Waals surface area contributed by atoms with Gasteiger partial charge in [-0.2, -0.15) is 0 Å². The molecule has 0 heterocycles. The van der Waals surface area contributed by atoms with E-state index in [9.17, 15) is 10.2 Å². The van der Waals surface area contributed by atoms with Gasteiger partial charge in [-0.1, -0.05) is 24.3 Å². The molecule has 0 unspecified atom stereocenters. The van der Waals surface area contributed by atoms with Crippen LogP contribution in [-0.2, 0) is 0 Å². The van der Waals surface area contributed by atoms with Crippen LogP contribution in [0.4, 0.5) is 0 Å². The fourth-order valence-electron chi connectivity index (χ4n) is 1.65. The molecule has 0 spiro atoms. The van der Waals surface area contributed by atoms with Crippen molar-refractivity contribution in [3.8, 4) is 23.0 Å². The normalized spacial score (nSPS) is 10.0. The predicted octanol–water partition coefficient (Wildman–Crippen LogP) is 2.44. The molecule has 0 aromatic heterocycles. The lowest BCUT2D eigenvalue weighted by Crippen LogP contribution is -2.11. The second-order valence-electron chi connectivity index (χ2n) is 4.25. The molecule has 98 valence electrons. The smallest absolute Gasteiger partial charge is 0.526 e. The van der Waals surface area contributed by atoms with Crippen LogP contribution in [0.1, 0.15) is 11.1 Å². The first kappa shape index (κ1) is 13.1. The van der Waals surface area contributed by atoms with Gasteiger partial charge in [-0.3, -0.25) is 0 Å². The monoisotopic (exact) mass is 258 g/mol. The van der Waals surface area contributed by atoms with Crippen molar-refractivity contribution in [3.05, 3.63) is 47.5 Å². The first-order chi connectivity index (χ1) is 9.09. The number of hydrogen-bond donors (Lipinski definition) is 2. The van der Waals surface area contributed by atoms with E-state index in [4.69, 9.17) is 9.31 Å². The Morgan fingerprint density at radius 3 is 1.63 bits per heavy atom. The zero-order chi connectivity index (χ0) is 13.8. The number of hydrogen-bond acceptors (Lipinski definition) is 4. The van der Waals surface area contributed by atoms with Crippen molar-refractivity contribution in [2.45, 2.75) is 13.8 Å². The Balaban J connectivity index is 2.00. The summed E-state index contributed by atoms with van der Waals surface area (Å²) in [5.41, 5.74) is 1.46. The molecule has 0 aliphatic rings. The van der Waals surface area contributed by atoms with Gasteiger partial charge in [-0.15, -0.1) is 0 Å². The number of benzene rings is 2. The third-order valence-electron chi connectivity index (χ3n) is 2.83. The van der Waals surface area contributed by atoms with Gasteiger partial charge in [-0.25, -0.2) is 0 Å². The summed E-state index contributed by atoms with van der Waals surface area (Å²) in [5, 5.41) is 19.5. The molecular formula is C14H15BO4. The maximum absolute atomic E-state index is 9.76. The summed E-state index contributed by atoms with van der Waals surface area (Å²) in [6, 6.07) is 10.5. The topological polar surface area (TPSA) is 58.9 Å². The molecule has 19 heavy (non-hydrogen) atoms. The minimum Gasteiger partial charge on any atom is -0.526 e. The van der Waals surface area contributed by atoms with Gasteiger partial charge in [0.1, 0.15) is 11.5 Å². The molecule has 0 saturated heterocycles. The van der Waals surface area contributed by atoms with E-state index in [1.54, 1.807) is 50.2 Å². The average Bonchev–Trinajstić information content (AvgIpc) is 2.39. The van der Waals surface area contributed by atoms with E-state index in [0.717, 1.165) is 11.1 Å². The van der Waals surface area contributed by atoms with Gasteiger partial charge in [0.25, 0.3) is 0 Å². The number of aromatic hydroxyl groups is 2. The van der Waals surface area contributed by atoms with Gasteiger partial charge in [-0.05, 0) is 37.1 Å². The summed E-state index contributed by atoms with van der Waals surface area (Å²) >= 11 is 0. The van der Waals surface area contributed by atoms with Crippen molar-refractivity contribution >= 4 is 7.69 Å². The molecule has 0 saturated carbocycles. The van der Waals surface area contributed by atoms with Crippen molar-refractivity contribution < 1.29 is 19.5 Å². The van der Waals surface area contributed by atoms with E-state index in [1.807, 2.05) is 0 Å². The first-order valence-electron chi connectivity index (χ1n) is 5.92. The number of aryl methyl sites for hydroxylation is 2. The van der Waals surface area contributed by atoms with Gasteiger partial charge in [0.15, 0.2) is 11.5 Å². The summed E-state index contributed by atoms with van der Waals surface area (Å²) in [5.74, 6) is 0.901. The van der Waals surface area contributed by atoms with Gasteiger partial charge >= 0.3 is 7.69 Å². The van der Waals surface area contributed by atoms with Crippen LogP contribution in [-0.4, -0.2) is 17.9 Å². The zero-order valence-electron chi connectivity index (χ0n) is 10.9. The van der Waals surface area contributed by atoms with Crippen LogP contribution in [0.15, 0.2) is 36.4 Å². The second kappa shape index (κ2) is 5.56. The molecule has 4 nitrogen and oxygen atoms in total. The van der Waals surface area contributed by atoms with E-state index < -0.39 is 0 Å². The van der Waals surface area contributed by atoms with Crippen LogP contribution < -0.4 is 9.31 Å². The van der Waals surface area contributed by atoms with Gasteiger partial charge in [0.05, 0.1) is 0 Å². The lowest BCUT2D eigenvalue weighted by atomic mass is 10.2. The SMILES string of the molecule is Cc1cccc(OBOc2cccc(C)c2O)c1O. The van der Waals surface area contributed by atoms with Crippen LogP contribution in [0.3, 0.4) is 0 Å². The van der Waals surface area contributed by atoms with Gasteiger partial charge in [0.2, 0.25) is 0 Å². The third-order valence-corrected chi connectivity index (χ3v) is 2.83. The number of rotatable bonds is 4. The number of para-hydroxylation sites is 2. The molecule has 2 aromatic carbocycles. The first-order valence-corrected chi connectivity index (χ1v) is 5.92. The second-order valence-corrected chi connectivity index (χ2v) is 4.25. The Hall–Kier alpha value is -2.30.